The van der Waals surface area contributed by atoms with Gasteiger partial charge in [-0.25, -0.2) is 9.78 Å². The third-order valence-electron chi connectivity index (χ3n) is 2.51. The lowest BCUT2D eigenvalue weighted by Gasteiger charge is -2.18. The van der Waals surface area contributed by atoms with E-state index in [0.29, 0.717) is 6.54 Å². The summed E-state index contributed by atoms with van der Waals surface area (Å²) in [6, 6.07) is 0. The zero-order valence-electron chi connectivity index (χ0n) is 9.37. The topological polar surface area (TPSA) is 56.1 Å². The van der Waals surface area contributed by atoms with Gasteiger partial charge in [0.1, 0.15) is 0 Å². The Balaban J connectivity index is 0.00000162. The largest absolute Gasteiger partial charge is 0.464 e. The molecule has 0 saturated carbocycles. The molecule has 0 spiro atoms. The van der Waals surface area contributed by atoms with E-state index in [-0.39, 0.29) is 36.9 Å². The molecule has 5 nitrogen and oxygen atoms in total. The Morgan fingerprint density at radius 1 is 1.50 bits per heavy atom. The molecule has 1 N–H and O–H groups in total. The van der Waals surface area contributed by atoms with E-state index in [1.165, 1.54) is 0 Å². The predicted molar refractivity (Wildman–Crippen MR) is 57.5 cm³/mol. The number of carbonyl (C=O) groups excluding carboxylic acids is 1. The molecule has 0 amide bonds. The van der Waals surface area contributed by atoms with E-state index in [0.717, 1.165) is 11.7 Å². The van der Waals surface area contributed by atoms with Crippen LogP contribution in [0.2, 0.25) is 0 Å². The van der Waals surface area contributed by atoms with Crippen molar-refractivity contribution in [1.29, 1.82) is 0 Å². The molecule has 1 aliphatic heterocycles. The molecule has 1 aliphatic rings. The van der Waals surface area contributed by atoms with Crippen molar-refractivity contribution in [3.05, 3.63) is 17.2 Å². The van der Waals surface area contributed by atoms with E-state index >= 15 is 0 Å². The van der Waals surface area contributed by atoms with Crippen LogP contribution in [0, 0.1) is 0 Å². The second-order valence-corrected chi connectivity index (χ2v) is 3.55. The average Bonchev–Trinajstić information content (AvgIpc) is 2.67. The Morgan fingerprint density at radius 2 is 2.17 bits per heavy atom. The molecule has 1 aromatic rings. The molecule has 0 unspecified atom stereocenters. The number of rotatable bonds is 1. The molecule has 0 aromatic carbocycles. The molecule has 0 atom stereocenters. The standard InChI is InChI=1S/C9H10F3N3O2.ClH/c1-17-7(16)6-5-4-13-2-3-15(5)8(14-6)9(10,11)12;/h13H,2-4H2,1H3;1H. The number of hydrogen-bond acceptors (Lipinski definition) is 4. The summed E-state index contributed by atoms with van der Waals surface area (Å²) >= 11 is 0. The number of carbonyl (C=O) groups is 1. The van der Waals surface area contributed by atoms with Gasteiger partial charge in [0.25, 0.3) is 0 Å². The van der Waals surface area contributed by atoms with E-state index in [1.54, 1.807) is 0 Å². The minimum atomic E-state index is -4.57. The lowest BCUT2D eigenvalue weighted by molar-refractivity contribution is -0.147. The van der Waals surface area contributed by atoms with Gasteiger partial charge in [0.15, 0.2) is 5.69 Å². The number of hydrogen-bond donors (Lipinski definition) is 1. The lowest BCUT2D eigenvalue weighted by atomic mass is 10.2. The maximum Gasteiger partial charge on any atom is 0.449 e. The zero-order chi connectivity index (χ0) is 12.6. The van der Waals surface area contributed by atoms with Gasteiger partial charge in [-0.15, -0.1) is 12.4 Å². The predicted octanol–water partition coefficient (Wildman–Crippen LogP) is 1.21. The monoisotopic (exact) mass is 285 g/mol. The van der Waals surface area contributed by atoms with E-state index in [4.69, 9.17) is 0 Å². The number of esters is 1. The van der Waals surface area contributed by atoms with Gasteiger partial charge in [-0.3, -0.25) is 0 Å². The van der Waals surface area contributed by atoms with Gasteiger partial charge in [-0.2, -0.15) is 13.2 Å². The van der Waals surface area contributed by atoms with Crippen LogP contribution in [0.15, 0.2) is 0 Å². The quantitative estimate of drug-likeness (QED) is 0.788. The summed E-state index contributed by atoms with van der Waals surface area (Å²) in [7, 11) is 1.11. The van der Waals surface area contributed by atoms with Crippen molar-refractivity contribution in [2.24, 2.45) is 0 Å². The first-order valence-electron chi connectivity index (χ1n) is 4.90. The van der Waals surface area contributed by atoms with Gasteiger partial charge in [0, 0.05) is 19.6 Å². The summed E-state index contributed by atoms with van der Waals surface area (Å²) in [6.07, 6.45) is -4.57. The molecule has 9 heteroatoms. The fourth-order valence-electron chi connectivity index (χ4n) is 1.78. The van der Waals surface area contributed by atoms with Crippen molar-refractivity contribution in [2.45, 2.75) is 19.3 Å². The van der Waals surface area contributed by atoms with E-state index in [1.807, 2.05) is 0 Å². The van der Waals surface area contributed by atoms with Gasteiger partial charge in [-0.05, 0) is 0 Å². The highest BCUT2D eigenvalue weighted by Gasteiger charge is 2.40. The molecule has 0 aliphatic carbocycles. The highest BCUT2D eigenvalue weighted by atomic mass is 35.5. The summed E-state index contributed by atoms with van der Waals surface area (Å²) in [5.74, 6) is -1.90. The second kappa shape index (κ2) is 5.15. The number of ether oxygens (including phenoxy) is 1. The van der Waals surface area contributed by atoms with Gasteiger partial charge < -0.3 is 14.6 Å². The molecule has 2 rings (SSSR count). The van der Waals surface area contributed by atoms with Crippen LogP contribution in [0.5, 0.6) is 0 Å². The normalized spacial score (nSPS) is 14.7. The number of nitrogens with zero attached hydrogens (tertiary/aromatic N) is 2. The van der Waals surface area contributed by atoms with Gasteiger partial charge >= 0.3 is 12.1 Å². The summed E-state index contributed by atoms with van der Waals surface area (Å²) in [6.45, 7) is 0.717. The van der Waals surface area contributed by atoms with Crippen molar-refractivity contribution in [3.8, 4) is 0 Å². The molecule has 18 heavy (non-hydrogen) atoms. The Hall–Kier alpha value is -1.28. The number of halogens is 4. The van der Waals surface area contributed by atoms with Crippen LogP contribution in [-0.4, -0.2) is 29.2 Å². The van der Waals surface area contributed by atoms with Crippen LogP contribution in [0.3, 0.4) is 0 Å². The molecule has 1 aromatic heterocycles. The minimum absolute atomic E-state index is 0. The smallest absolute Gasteiger partial charge is 0.449 e. The highest BCUT2D eigenvalue weighted by molar-refractivity contribution is 5.88. The number of methoxy groups -OCH3 is 1. The molecule has 0 fully saturated rings. The highest BCUT2D eigenvalue weighted by Crippen LogP contribution is 2.31. The van der Waals surface area contributed by atoms with Crippen LogP contribution >= 0.6 is 12.4 Å². The molecular formula is C9H11ClF3N3O2. The van der Waals surface area contributed by atoms with Gasteiger partial charge in [0.2, 0.25) is 5.82 Å². The maximum absolute atomic E-state index is 12.7. The number of imidazole rings is 1. The Morgan fingerprint density at radius 3 is 2.72 bits per heavy atom. The minimum Gasteiger partial charge on any atom is -0.464 e. The fourth-order valence-corrected chi connectivity index (χ4v) is 1.78. The molecule has 0 saturated heterocycles. The summed E-state index contributed by atoms with van der Waals surface area (Å²) < 4.78 is 43.5. The first-order chi connectivity index (χ1) is 7.95. The Kier molecular flexibility index (Phi) is 4.23. The number of nitrogens with one attached hydrogen (secondary N) is 1. The van der Waals surface area contributed by atoms with Crippen LogP contribution in [-0.2, 0) is 24.0 Å². The van der Waals surface area contributed by atoms with E-state index in [9.17, 15) is 18.0 Å². The number of fused-ring (bicyclic) bond motifs is 1. The molecule has 0 radical (unpaired) electrons. The van der Waals surface area contributed by atoms with Crippen molar-refractivity contribution in [3.63, 3.8) is 0 Å². The van der Waals surface area contributed by atoms with Gasteiger partial charge in [-0.1, -0.05) is 0 Å². The summed E-state index contributed by atoms with van der Waals surface area (Å²) in [4.78, 5) is 14.7. The van der Waals surface area contributed by atoms with Crippen molar-refractivity contribution in [2.75, 3.05) is 13.7 Å². The molecule has 0 bridgehead atoms. The summed E-state index contributed by atoms with van der Waals surface area (Å²) in [5, 5.41) is 2.89. The third kappa shape index (κ3) is 2.44. The van der Waals surface area contributed by atoms with Crippen LogP contribution < -0.4 is 5.32 Å². The third-order valence-corrected chi connectivity index (χ3v) is 2.51. The SMILES string of the molecule is COC(=O)c1nc(C(F)(F)F)n2c1CNCC2.Cl. The van der Waals surface area contributed by atoms with Crippen LogP contribution in [0.4, 0.5) is 13.2 Å². The van der Waals surface area contributed by atoms with Gasteiger partial charge in [0.05, 0.1) is 12.8 Å². The van der Waals surface area contributed by atoms with Crippen molar-refractivity contribution in [1.82, 2.24) is 14.9 Å². The first kappa shape index (κ1) is 14.8. The molecular weight excluding hydrogens is 275 g/mol. The number of alkyl halides is 3. The Bertz CT molecular complexity index is 459. The van der Waals surface area contributed by atoms with Crippen LogP contribution in [0.25, 0.3) is 0 Å². The maximum atomic E-state index is 12.7. The van der Waals surface area contributed by atoms with Crippen LogP contribution in [0.1, 0.15) is 22.0 Å². The lowest BCUT2D eigenvalue weighted by Crippen LogP contribution is -2.31. The Labute approximate surface area is 107 Å². The van der Waals surface area contributed by atoms with E-state index in [2.05, 4.69) is 15.0 Å². The summed E-state index contributed by atoms with van der Waals surface area (Å²) in [5.41, 5.74) is -0.0533. The average molecular weight is 286 g/mol. The second-order valence-electron chi connectivity index (χ2n) is 3.55. The van der Waals surface area contributed by atoms with Crippen molar-refractivity contribution >= 4 is 18.4 Å². The first-order valence-corrected chi connectivity index (χ1v) is 4.90. The number of aromatic nitrogens is 2. The molecule has 2 heterocycles. The zero-order valence-corrected chi connectivity index (χ0v) is 10.2. The molecule has 102 valence electrons. The fraction of sp³-hybridized carbons (Fsp3) is 0.556. The van der Waals surface area contributed by atoms with Crippen molar-refractivity contribution < 1.29 is 22.7 Å². The van der Waals surface area contributed by atoms with E-state index < -0.39 is 18.0 Å².